The molecule has 0 saturated carbocycles. The number of aromatic hydroxyl groups is 1. The van der Waals surface area contributed by atoms with Gasteiger partial charge in [-0.3, -0.25) is 9.59 Å². The number of furan rings is 1. The van der Waals surface area contributed by atoms with Crippen molar-refractivity contribution >= 4 is 11.7 Å². The number of amides is 1. The Hall–Kier alpha value is -3.34. The third kappa shape index (κ3) is 5.07. The van der Waals surface area contributed by atoms with Gasteiger partial charge >= 0.3 is 0 Å². The van der Waals surface area contributed by atoms with Crippen molar-refractivity contribution in [1.82, 2.24) is 4.90 Å². The third-order valence-corrected chi connectivity index (χ3v) is 4.29. The Kier molecular flexibility index (Phi) is 6.05. The van der Waals surface area contributed by atoms with Crippen LogP contribution in [0.25, 0.3) is 0 Å². The second-order valence-electron chi connectivity index (χ2n) is 6.25. The van der Waals surface area contributed by atoms with Crippen LogP contribution in [0, 0.1) is 0 Å². The predicted molar refractivity (Wildman–Crippen MR) is 101 cm³/mol. The largest absolute Gasteiger partial charge is 0.508 e. The van der Waals surface area contributed by atoms with Crippen LogP contribution >= 0.6 is 0 Å². The van der Waals surface area contributed by atoms with E-state index < -0.39 is 0 Å². The maximum absolute atomic E-state index is 12.8. The van der Waals surface area contributed by atoms with Crippen LogP contribution in [-0.2, 0) is 17.9 Å². The first-order valence-electron chi connectivity index (χ1n) is 8.79. The van der Waals surface area contributed by atoms with Gasteiger partial charge in [-0.2, -0.15) is 0 Å². The summed E-state index contributed by atoms with van der Waals surface area (Å²) in [5, 5.41) is 10.0. The van der Waals surface area contributed by atoms with Crippen molar-refractivity contribution in [3.63, 3.8) is 0 Å². The molecule has 1 heterocycles. The molecular weight excluding hydrogens is 342 g/mol. The summed E-state index contributed by atoms with van der Waals surface area (Å²) >= 11 is 0. The normalized spacial score (nSPS) is 10.5. The zero-order valence-electron chi connectivity index (χ0n) is 14.9. The molecule has 0 fully saturated rings. The Morgan fingerprint density at radius 2 is 1.59 bits per heavy atom. The molecule has 0 saturated heterocycles. The van der Waals surface area contributed by atoms with E-state index in [1.54, 1.807) is 65.8 Å². The summed E-state index contributed by atoms with van der Waals surface area (Å²) in [6, 6.07) is 19.4. The summed E-state index contributed by atoms with van der Waals surface area (Å²) in [6.45, 7) is 0.519. The molecule has 138 valence electrons. The molecule has 5 nitrogen and oxygen atoms in total. The molecule has 0 spiro atoms. The van der Waals surface area contributed by atoms with E-state index in [1.165, 1.54) is 0 Å². The van der Waals surface area contributed by atoms with E-state index in [1.807, 2.05) is 12.1 Å². The SMILES string of the molecule is O=C(CCC(=O)N(Cc1ccco1)Cc1ccccc1O)c1ccccc1. The van der Waals surface area contributed by atoms with E-state index >= 15 is 0 Å². The molecule has 0 aliphatic rings. The van der Waals surface area contributed by atoms with Gasteiger partial charge in [0.2, 0.25) is 5.91 Å². The van der Waals surface area contributed by atoms with Crippen molar-refractivity contribution < 1.29 is 19.1 Å². The standard InChI is InChI=1S/C22H21NO4/c24-20-11-5-4-9-18(20)15-23(16-19-10-6-14-27-19)22(26)13-12-21(25)17-7-2-1-3-8-17/h1-11,14,24H,12-13,15-16H2. The molecule has 3 rings (SSSR count). The zero-order chi connectivity index (χ0) is 19.1. The summed E-state index contributed by atoms with van der Waals surface area (Å²) in [6.07, 6.45) is 1.79. The van der Waals surface area contributed by atoms with Crippen LogP contribution in [0.15, 0.2) is 77.4 Å². The van der Waals surface area contributed by atoms with Crippen molar-refractivity contribution in [2.75, 3.05) is 0 Å². The highest BCUT2D eigenvalue weighted by atomic mass is 16.3. The molecule has 0 bridgehead atoms. The van der Waals surface area contributed by atoms with Crippen LogP contribution in [0.2, 0.25) is 0 Å². The molecule has 27 heavy (non-hydrogen) atoms. The molecule has 0 atom stereocenters. The lowest BCUT2D eigenvalue weighted by atomic mass is 10.1. The number of hydrogen-bond acceptors (Lipinski definition) is 4. The van der Waals surface area contributed by atoms with E-state index in [9.17, 15) is 14.7 Å². The van der Waals surface area contributed by atoms with Gasteiger partial charge in [0.05, 0.1) is 12.8 Å². The number of carbonyl (C=O) groups is 2. The Bertz CT molecular complexity index is 888. The summed E-state index contributed by atoms with van der Waals surface area (Å²) in [5.74, 6) is 0.548. The van der Waals surface area contributed by atoms with Crippen molar-refractivity contribution in [1.29, 1.82) is 0 Å². The molecule has 1 amide bonds. The Morgan fingerprint density at radius 3 is 2.30 bits per heavy atom. The van der Waals surface area contributed by atoms with Gasteiger partial charge < -0.3 is 14.4 Å². The number of carbonyl (C=O) groups excluding carboxylic acids is 2. The van der Waals surface area contributed by atoms with Crippen LogP contribution in [-0.4, -0.2) is 21.7 Å². The summed E-state index contributed by atoms with van der Waals surface area (Å²) in [5.41, 5.74) is 1.25. The predicted octanol–water partition coefficient (Wildman–Crippen LogP) is 4.18. The van der Waals surface area contributed by atoms with Gasteiger partial charge in [-0.05, 0) is 18.2 Å². The topological polar surface area (TPSA) is 70.8 Å². The van der Waals surface area contributed by atoms with Gasteiger partial charge in [0.15, 0.2) is 5.78 Å². The van der Waals surface area contributed by atoms with Gasteiger partial charge in [0.1, 0.15) is 11.5 Å². The van der Waals surface area contributed by atoms with Crippen molar-refractivity contribution in [2.24, 2.45) is 0 Å². The smallest absolute Gasteiger partial charge is 0.223 e. The maximum Gasteiger partial charge on any atom is 0.223 e. The monoisotopic (exact) mass is 363 g/mol. The Labute approximate surface area is 157 Å². The quantitative estimate of drug-likeness (QED) is 0.610. The minimum Gasteiger partial charge on any atom is -0.508 e. The van der Waals surface area contributed by atoms with Crippen LogP contribution in [0.5, 0.6) is 5.75 Å². The number of nitrogens with zero attached hydrogens (tertiary/aromatic N) is 1. The van der Waals surface area contributed by atoms with E-state index in [0.717, 1.165) is 0 Å². The first-order valence-corrected chi connectivity index (χ1v) is 8.79. The summed E-state index contributed by atoms with van der Waals surface area (Å²) < 4.78 is 5.35. The second-order valence-corrected chi connectivity index (χ2v) is 6.25. The number of Topliss-reactive ketones (excluding diaryl/α,β-unsaturated/α-hetero) is 1. The Morgan fingerprint density at radius 1 is 0.852 bits per heavy atom. The number of para-hydroxylation sites is 1. The molecule has 0 unspecified atom stereocenters. The number of ketones is 1. The molecule has 3 aromatic rings. The maximum atomic E-state index is 12.8. The number of phenolic OH excluding ortho intramolecular Hbond substituents is 1. The molecular formula is C22H21NO4. The lowest BCUT2D eigenvalue weighted by Gasteiger charge is -2.22. The van der Waals surface area contributed by atoms with Crippen LogP contribution < -0.4 is 0 Å². The average Bonchev–Trinajstić information content (AvgIpc) is 3.21. The summed E-state index contributed by atoms with van der Waals surface area (Å²) in [4.78, 5) is 26.6. The lowest BCUT2D eigenvalue weighted by molar-refractivity contribution is -0.132. The molecule has 0 radical (unpaired) electrons. The molecule has 0 aliphatic heterocycles. The minimum absolute atomic E-state index is 0.0653. The fraction of sp³-hybridized carbons (Fsp3) is 0.182. The Balaban J connectivity index is 1.68. The van der Waals surface area contributed by atoms with E-state index in [0.29, 0.717) is 16.9 Å². The molecule has 1 N–H and O–H groups in total. The third-order valence-electron chi connectivity index (χ3n) is 4.29. The number of rotatable bonds is 8. The first kappa shape index (κ1) is 18.5. The van der Waals surface area contributed by atoms with Crippen LogP contribution in [0.4, 0.5) is 0 Å². The fourth-order valence-corrected chi connectivity index (χ4v) is 2.82. The molecule has 1 aromatic heterocycles. The van der Waals surface area contributed by atoms with Crippen LogP contribution in [0.3, 0.4) is 0 Å². The number of hydrogen-bond donors (Lipinski definition) is 1. The number of phenols is 1. The van der Waals surface area contributed by atoms with Crippen molar-refractivity contribution in [3.8, 4) is 5.75 Å². The first-order chi connectivity index (χ1) is 13.1. The van der Waals surface area contributed by atoms with Crippen LogP contribution in [0.1, 0.15) is 34.5 Å². The lowest BCUT2D eigenvalue weighted by Crippen LogP contribution is -2.30. The second kappa shape index (κ2) is 8.85. The zero-order valence-corrected chi connectivity index (χ0v) is 14.9. The van der Waals surface area contributed by atoms with Gasteiger partial charge in [0.25, 0.3) is 0 Å². The van der Waals surface area contributed by atoms with Gasteiger partial charge in [-0.15, -0.1) is 0 Å². The van der Waals surface area contributed by atoms with Crippen molar-refractivity contribution in [3.05, 3.63) is 89.9 Å². The molecule has 0 aliphatic carbocycles. The number of benzene rings is 2. The molecule has 2 aromatic carbocycles. The minimum atomic E-state index is -0.168. The van der Waals surface area contributed by atoms with Gasteiger partial charge in [0, 0.05) is 30.5 Å². The average molecular weight is 363 g/mol. The highest BCUT2D eigenvalue weighted by Gasteiger charge is 2.19. The van der Waals surface area contributed by atoms with Gasteiger partial charge in [-0.25, -0.2) is 0 Å². The summed E-state index contributed by atoms with van der Waals surface area (Å²) in [7, 11) is 0. The highest BCUT2D eigenvalue weighted by Crippen LogP contribution is 2.20. The van der Waals surface area contributed by atoms with Gasteiger partial charge in [-0.1, -0.05) is 48.5 Å². The highest BCUT2D eigenvalue weighted by molar-refractivity contribution is 5.97. The molecule has 5 heteroatoms. The van der Waals surface area contributed by atoms with Crippen molar-refractivity contribution in [2.45, 2.75) is 25.9 Å². The van der Waals surface area contributed by atoms with E-state index in [2.05, 4.69) is 0 Å². The van der Waals surface area contributed by atoms with E-state index in [-0.39, 0.29) is 43.4 Å². The fourth-order valence-electron chi connectivity index (χ4n) is 2.82. The van der Waals surface area contributed by atoms with E-state index in [4.69, 9.17) is 4.42 Å².